The van der Waals surface area contributed by atoms with Crippen molar-refractivity contribution in [3.63, 3.8) is 0 Å². The number of rotatable bonds is 6. The number of hydrogen-bond acceptors (Lipinski definition) is 5. The zero-order valence-electron chi connectivity index (χ0n) is 17.5. The van der Waals surface area contributed by atoms with Crippen LogP contribution in [-0.4, -0.2) is 51.5 Å². The number of nitrogens with one attached hydrogen (secondary N) is 1. The number of ether oxygens (including phenoxy) is 2. The molecule has 1 saturated heterocycles. The first-order valence-electron chi connectivity index (χ1n) is 10.1. The summed E-state index contributed by atoms with van der Waals surface area (Å²) in [6, 6.07) is 15.8. The molecule has 1 aliphatic heterocycles. The molecule has 9 heteroatoms. The number of aryl methyl sites for hydroxylation is 1. The minimum atomic E-state index is -3.68. The van der Waals surface area contributed by atoms with Crippen LogP contribution in [-0.2, 0) is 19.6 Å². The van der Waals surface area contributed by atoms with Crippen LogP contribution in [0.25, 0.3) is 10.8 Å². The van der Waals surface area contributed by atoms with E-state index in [0.717, 1.165) is 10.8 Å². The van der Waals surface area contributed by atoms with E-state index in [1.54, 1.807) is 31.2 Å². The summed E-state index contributed by atoms with van der Waals surface area (Å²) in [5.74, 6) is 0.141. The second kappa shape index (κ2) is 9.46. The summed E-state index contributed by atoms with van der Waals surface area (Å²) in [7, 11) is -3.68. The van der Waals surface area contributed by atoms with Crippen molar-refractivity contribution in [3.05, 3.63) is 65.2 Å². The molecule has 0 bridgehead atoms. The van der Waals surface area contributed by atoms with E-state index in [1.807, 2.05) is 24.3 Å². The van der Waals surface area contributed by atoms with Crippen molar-refractivity contribution in [2.24, 2.45) is 0 Å². The first-order valence-corrected chi connectivity index (χ1v) is 12.0. The Labute approximate surface area is 191 Å². The van der Waals surface area contributed by atoms with Crippen molar-refractivity contribution in [1.82, 2.24) is 4.31 Å². The van der Waals surface area contributed by atoms with Gasteiger partial charge in [-0.2, -0.15) is 4.31 Å². The predicted octanol–water partition coefficient (Wildman–Crippen LogP) is 3.84. The molecular weight excluding hydrogens is 452 g/mol. The molecule has 7 nitrogen and oxygen atoms in total. The zero-order chi connectivity index (χ0) is 22.7. The van der Waals surface area contributed by atoms with Crippen LogP contribution in [0.15, 0.2) is 59.5 Å². The highest BCUT2D eigenvalue weighted by atomic mass is 35.5. The van der Waals surface area contributed by atoms with Crippen LogP contribution < -0.4 is 10.1 Å². The molecule has 1 N–H and O–H groups in total. The summed E-state index contributed by atoms with van der Waals surface area (Å²) >= 11 is 6.23. The molecule has 4 rings (SSSR count). The molecule has 32 heavy (non-hydrogen) atoms. The van der Waals surface area contributed by atoms with Crippen LogP contribution in [0.2, 0.25) is 5.02 Å². The molecule has 0 unspecified atom stereocenters. The van der Waals surface area contributed by atoms with Crippen molar-refractivity contribution in [2.45, 2.75) is 11.8 Å². The Bertz CT molecular complexity index is 1260. The Morgan fingerprint density at radius 2 is 1.81 bits per heavy atom. The summed E-state index contributed by atoms with van der Waals surface area (Å²) in [6.45, 7) is 2.85. The van der Waals surface area contributed by atoms with Gasteiger partial charge in [0.25, 0.3) is 5.91 Å². The highest BCUT2D eigenvalue weighted by Crippen LogP contribution is 2.31. The third-order valence-electron chi connectivity index (χ3n) is 5.25. The summed E-state index contributed by atoms with van der Waals surface area (Å²) in [5, 5.41) is 4.96. The van der Waals surface area contributed by atoms with E-state index in [1.165, 1.54) is 10.4 Å². The summed E-state index contributed by atoms with van der Waals surface area (Å²) in [4.78, 5) is 12.7. The Balaban J connectivity index is 1.47. The predicted molar refractivity (Wildman–Crippen MR) is 124 cm³/mol. The number of nitrogens with zero attached hydrogens (tertiary/aromatic N) is 1. The van der Waals surface area contributed by atoms with Gasteiger partial charge in [0.1, 0.15) is 5.75 Å². The van der Waals surface area contributed by atoms with Crippen LogP contribution in [0.5, 0.6) is 5.75 Å². The largest absolute Gasteiger partial charge is 0.483 e. The normalized spacial score (nSPS) is 14.9. The van der Waals surface area contributed by atoms with E-state index in [4.69, 9.17) is 21.1 Å². The minimum absolute atomic E-state index is 0.168. The molecule has 168 valence electrons. The Kier molecular flexibility index (Phi) is 6.66. The second-order valence-electron chi connectivity index (χ2n) is 7.42. The number of anilines is 1. The number of hydrogen-bond donors (Lipinski definition) is 1. The quantitative estimate of drug-likeness (QED) is 0.586. The fourth-order valence-corrected chi connectivity index (χ4v) is 5.47. The standard InChI is InChI=1S/C23H23ClN2O5S/c1-16-6-7-17(14-22(16)32(28,29)26-10-12-30-13-11-26)25-23(27)15-31-21-9-8-20(24)18-4-2-3-5-19(18)21/h2-9,14H,10-13,15H2,1H3,(H,25,27). The van der Waals surface area contributed by atoms with Gasteiger partial charge in [0, 0.05) is 34.6 Å². The van der Waals surface area contributed by atoms with Crippen LogP contribution in [0.1, 0.15) is 5.56 Å². The molecule has 3 aromatic rings. The third-order valence-corrected chi connectivity index (χ3v) is 7.62. The van der Waals surface area contributed by atoms with Gasteiger partial charge in [0.15, 0.2) is 6.61 Å². The van der Waals surface area contributed by atoms with Crippen LogP contribution >= 0.6 is 11.6 Å². The average molecular weight is 475 g/mol. The monoisotopic (exact) mass is 474 g/mol. The number of morpholine rings is 1. The Hall–Kier alpha value is -2.65. The van der Waals surface area contributed by atoms with Gasteiger partial charge < -0.3 is 14.8 Å². The average Bonchev–Trinajstić information content (AvgIpc) is 2.80. The molecule has 0 spiro atoms. The molecule has 1 fully saturated rings. The van der Waals surface area contributed by atoms with E-state index in [0.29, 0.717) is 48.3 Å². The van der Waals surface area contributed by atoms with Gasteiger partial charge in [0.05, 0.1) is 18.1 Å². The van der Waals surface area contributed by atoms with Crippen molar-refractivity contribution in [3.8, 4) is 5.75 Å². The van der Waals surface area contributed by atoms with Crippen molar-refractivity contribution in [1.29, 1.82) is 0 Å². The second-order valence-corrected chi connectivity index (χ2v) is 9.74. The maximum absolute atomic E-state index is 13.0. The van der Waals surface area contributed by atoms with Gasteiger partial charge >= 0.3 is 0 Å². The van der Waals surface area contributed by atoms with E-state index < -0.39 is 15.9 Å². The lowest BCUT2D eigenvalue weighted by Gasteiger charge is -2.26. The van der Waals surface area contributed by atoms with Gasteiger partial charge in [0.2, 0.25) is 10.0 Å². The van der Waals surface area contributed by atoms with Crippen LogP contribution in [0, 0.1) is 6.92 Å². The van der Waals surface area contributed by atoms with Gasteiger partial charge in [-0.1, -0.05) is 41.9 Å². The van der Waals surface area contributed by atoms with Gasteiger partial charge in [-0.15, -0.1) is 0 Å². The Morgan fingerprint density at radius 1 is 1.09 bits per heavy atom. The van der Waals surface area contributed by atoms with E-state index in [-0.39, 0.29) is 11.5 Å². The third kappa shape index (κ3) is 4.73. The van der Waals surface area contributed by atoms with Gasteiger partial charge in [-0.05, 0) is 36.8 Å². The maximum atomic E-state index is 13.0. The van der Waals surface area contributed by atoms with Crippen LogP contribution in [0.3, 0.4) is 0 Å². The topological polar surface area (TPSA) is 84.9 Å². The van der Waals surface area contributed by atoms with E-state index in [2.05, 4.69) is 5.32 Å². The highest BCUT2D eigenvalue weighted by Gasteiger charge is 2.28. The molecule has 1 aliphatic rings. The molecule has 0 atom stereocenters. The molecule has 0 radical (unpaired) electrons. The molecule has 0 aliphatic carbocycles. The smallest absolute Gasteiger partial charge is 0.262 e. The van der Waals surface area contributed by atoms with Crippen molar-refractivity contribution >= 4 is 44.0 Å². The molecular formula is C23H23ClN2O5S. The van der Waals surface area contributed by atoms with Crippen molar-refractivity contribution < 1.29 is 22.7 Å². The number of fused-ring (bicyclic) bond motifs is 1. The lowest BCUT2D eigenvalue weighted by Crippen LogP contribution is -2.40. The number of carbonyl (C=O) groups is 1. The fourth-order valence-electron chi connectivity index (χ4n) is 3.58. The first-order chi connectivity index (χ1) is 15.4. The van der Waals surface area contributed by atoms with E-state index in [9.17, 15) is 13.2 Å². The number of carbonyl (C=O) groups excluding carboxylic acids is 1. The molecule has 1 amide bonds. The van der Waals surface area contributed by atoms with Gasteiger partial charge in [-0.25, -0.2) is 8.42 Å². The number of benzene rings is 3. The summed E-state index contributed by atoms with van der Waals surface area (Å²) in [5.41, 5.74) is 0.996. The highest BCUT2D eigenvalue weighted by molar-refractivity contribution is 7.89. The summed E-state index contributed by atoms with van der Waals surface area (Å²) < 4.78 is 38.4. The maximum Gasteiger partial charge on any atom is 0.262 e. The first kappa shape index (κ1) is 22.5. The minimum Gasteiger partial charge on any atom is -0.483 e. The lowest BCUT2D eigenvalue weighted by molar-refractivity contribution is -0.118. The van der Waals surface area contributed by atoms with Gasteiger partial charge in [-0.3, -0.25) is 4.79 Å². The number of amides is 1. The SMILES string of the molecule is Cc1ccc(NC(=O)COc2ccc(Cl)c3ccccc23)cc1S(=O)(=O)N1CCOCC1. The van der Waals surface area contributed by atoms with Crippen LogP contribution in [0.4, 0.5) is 5.69 Å². The lowest BCUT2D eigenvalue weighted by atomic mass is 10.1. The Morgan fingerprint density at radius 3 is 2.56 bits per heavy atom. The number of sulfonamides is 1. The fraction of sp³-hybridized carbons (Fsp3) is 0.261. The molecule has 0 saturated carbocycles. The van der Waals surface area contributed by atoms with E-state index >= 15 is 0 Å². The zero-order valence-corrected chi connectivity index (χ0v) is 19.1. The van der Waals surface area contributed by atoms with Crippen molar-refractivity contribution in [2.75, 3.05) is 38.2 Å². The molecule has 0 aromatic heterocycles. The number of halogens is 1. The summed E-state index contributed by atoms with van der Waals surface area (Å²) in [6.07, 6.45) is 0. The molecule has 3 aromatic carbocycles. The molecule has 1 heterocycles.